The highest BCUT2D eigenvalue weighted by molar-refractivity contribution is 5.84. The molecule has 0 saturated carbocycles. The number of hydrogen-bond acceptors (Lipinski definition) is 4. The van der Waals surface area contributed by atoms with Gasteiger partial charge in [-0.3, -0.25) is 4.99 Å². The van der Waals surface area contributed by atoms with E-state index in [1.165, 1.54) is 11.1 Å². The summed E-state index contributed by atoms with van der Waals surface area (Å²) >= 11 is 0. The average Bonchev–Trinajstić information content (AvgIpc) is 2.77. The Morgan fingerprint density at radius 1 is 1.12 bits per heavy atom. The summed E-state index contributed by atoms with van der Waals surface area (Å²) in [4.78, 5) is 6.48. The van der Waals surface area contributed by atoms with Crippen LogP contribution in [0.4, 0.5) is 23.2 Å². The molecular weight excluding hydrogens is 434 g/mol. The Morgan fingerprint density at radius 2 is 1.67 bits per heavy atom. The first kappa shape index (κ1) is 29.6. The van der Waals surface area contributed by atoms with Crippen LogP contribution in [0.15, 0.2) is 59.0 Å². The van der Waals surface area contributed by atoms with Gasteiger partial charge in [-0.2, -0.15) is 8.78 Å². The van der Waals surface area contributed by atoms with Crippen molar-refractivity contribution in [2.24, 2.45) is 9.98 Å². The van der Waals surface area contributed by atoms with Gasteiger partial charge in [0.1, 0.15) is 17.4 Å². The predicted molar refractivity (Wildman–Crippen MR) is 131 cm³/mol. The first-order valence-corrected chi connectivity index (χ1v) is 9.99. The van der Waals surface area contributed by atoms with E-state index in [9.17, 15) is 17.6 Å². The monoisotopic (exact) mass is 465 g/mol. The van der Waals surface area contributed by atoms with E-state index in [2.05, 4.69) is 42.3 Å². The molecule has 0 fully saturated rings. The number of benzene rings is 2. The summed E-state index contributed by atoms with van der Waals surface area (Å²) in [6, 6.07) is 9.89. The quantitative estimate of drug-likeness (QED) is 0.173. The fourth-order valence-electron chi connectivity index (χ4n) is 2.43. The Labute approximate surface area is 193 Å². The molecular formula is C25H31F4N3O. The van der Waals surface area contributed by atoms with E-state index in [0.717, 1.165) is 24.9 Å². The lowest BCUT2D eigenvalue weighted by molar-refractivity contribution is 0.196. The SMILES string of the molecule is C/C=C(\C)c1cccc(N)c1.C=C(OC(=NC)C(F)F)c1cc(F)c(CC)c(F)c1.C=NC. The van der Waals surface area contributed by atoms with Crippen LogP contribution < -0.4 is 5.73 Å². The highest BCUT2D eigenvalue weighted by Gasteiger charge is 2.18. The van der Waals surface area contributed by atoms with Crippen LogP contribution in [0.2, 0.25) is 0 Å². The van der Waals surface area contributed by atoms with Crippen molar-refractivity contribution in [1.82, 2.24) is 0 Å². The van der Waals surface area contributed by atoms with Crippen LogP contribution in [0.25, 0.3) is 11.3 Å². The predicted octanol–water partition coefficient (Wildman–Crippen LogP) is 6.82. The molecule has 2 aromatic carbocycles. The molecule has 0 aliphatic carbocycles. The first-order valence-electron chi connectivity index (χ1n) is 9.99. The van der Waals surface area contributed by atoms with Gasteiger partial charge in [0.2, 0.25) is 0 Å². The summed E-state index contributed by atoms with van der Waals surface area (Å²) in [6.45, 7) is 12.2. The maximum atomic E-state index is 13.5. The van der Waals surface area contributed by atoms with Gasteiger partial charge in [0.25, 0.3) is 5.90 Å². The number of hydrogen-bond donors (Lipinski definition) is 1. The van der Waals surface area contributed by atoms with Crippen LogP contribution in [0.3, 0.4) is 0 Å². The van der Waals surface area contributed by atoms with Crippen LogP contribution in [0.5, 0.6) is 0 Å². The summed E-state index contributed by atoms with van der Waals surface area (Å²) in [5.41, 5.74) is 8.79. The first-order chi connectivity index (χ1) is 15.6. The molecule has 0 amide bonds. The highest BCUT2D eigenvalue weighted by Crippen LogP contribution is 2.22. The maximum Gasteiger partial charge on any atom is 0.312 e. The molecule has 8 heteroatoms. The molecule has 0 aromatic heterocycles. The third kappa shape index (κ3) is 10.2. The zero-order chi connectivity index (χ0) is 25.6. The molecule has 0 aliphatic rings. The lowest BCUT2D eigenvalue weighted by Gasteiger charge is -2.11. The second kappa shape index (κ2) is 15.4. The molecule has 0 heterocycles. The molecule has 0 spiro atoms. The second-order valence-electron chi connectivity index (χ2n) is 6.57. The van der Waals surface area contributed by atoms with E-state index < -0.39 is 24.0 Å². The smallest absolute Gasteiger partial charge is 0.312 e. The molecule has 180 valence electrons. The highest BCUT2D eigenvalue weighted by atomic mass is 19.3. The minimum atomic E-state index is -2.92. The number of rotatable bonds is 5. The lowest BCUT2D eigenvalue weighted by atomic mass is 10.1. The van der Waals surface area contributed by atoms with Gasteiger partial charge >= 0.3 is 6.43 Å². The molecule has 0 aliphatic heterocycles. The minimum Gasteiger partial charge on any atom is -0.438 e. The van der Waals surface area contributed by atoms with E-state index >= 15 is 0 Å². The molecule has 4 nitrogen and oxygen atoms in total. The average molecular weight is 466 g/mol. The molecule has 0 bridgehead atoms. The fourth-order valence-corrected chi connectivity index (χ4v) is 2.43. The Bertz CT molecular complexity index is 962. The van der Waals surface area contributed by atoms with Crippen molar-refractivity contribution in [3.63, 3.8) is 0 Å². The van der Waals surface area contributed by atoms with Gasteiger partial charge in [0, 0.05) is 30.9 Å². The number of halogens is 4. The zero-order valence-corrected chi connectivity index (χ0v) is 19.6. The number of allylic oxidation sites excluding steroid dienone is 2. The molecule has 0 unspecified atom stereocenters. The number of anilines is 1. The third-order valence-corrected chi connectivity index (χ3v) is 4.23. The molecule has 0 saturated heterocycles. The van der Waals surface area contributed by atoms with Crippen molar-refractivity contribution in [2.75, 3.05) is 19.8 Å². The maximum absolute atomic E-state index is 13.5. The summed E-state index contributed by atoms with van der Waals surface area (Å²) in [5, 5.41) is 0. The van der Waals surface area contributed by atoms with Crippen molar-refractivity contribution >= 4 is 29.6 Å². The van der Waals surface area contributed by atoms with Crippen molar-refractivity contribution in [3.05, 3.63) is 77.4 Å². The Morgan fingerprint density at radius 3 is 2.06 bits per heavy atom. The number of nitrogen functional groups attached to an aromatic ring is 1. The molecule has 0 radical (unpaired) electrons. The second-order valence-corrected chi connectivity index (χ2v) is 6.57. The number of alkyl halides is 2. The van der Waals surface area contributed by atoms with Crippen LogP contribution in [0.1, 0.15) is 37.5 Å². The van der Waals surface area contributed by atoms with E-state index in [0.29, 0.717) is 0 Å². The van der Waals surface area contributed by atoms with Gasteiger partial charge in [-0.25, -0.2) is 8.78 Å². The molecule has 0 atom stereocenters. The van der Waals surface area contributed by atoms with E-state index in [-0.39, 0.29) is 23.3 Å². The third-order valence-electron chi connectivity index (χ3n) is 4.23. The van der Waals surface area contributed by atoms with Crippen molar-refractivity contribution in [3.8, 4) is 0 Å². The Kier molecular flexibility index (Phi) is 13.8. The Balaban J connectivity index is 0.000000616. The lowest BCUT2D eigenvalue weighted by Crippen LogP contribution is -2.14. The number of aliphatic imine (C=N–C) groups is 2. The molecule has 2 aromatic rings. The van der Waals surface area contributed by atoms with Crippen LogP contribution in [-0.2, 0) is 11.2 Å². The fraction of sp³-hybridized carbons (Fsp3) is 0.280. The van der Waals surface area contributed by atoms with Crippen LogP contribution >= 0.6 is 0 Å². The van der Waals surface area contributed by atoms with Crippen molar-refractivity contribution in [1.29, 1.82) is 0 Å². The minimum absolute atomic E-state index is 0.0472. The number of ether oxygens (including phenoxy) is 1. The zero-order valence-electron chi connectivity index (χ0n) is 19.6. The largest absolute Gasteiger partial charge is 0.438 e. The molecule has 33 heavy (non-hydrogen) atoms. The van der Waals surface area contributed by atoms with E-state index in [4.69, 9.17) is 10.5 Å². The molecule has 2 rings (SSSR count). The van der Waals surface area contributed by atoms with E-state index in [1.54, 1.807) is 14.0 Å². The van der Waals surface area contributed by atoms with E-state index in [1.807, 2.05) is 25.1 Å². The number of nitrogens with zero attached hydrogens (tertiary/aromatic N) is 2. The van der Waals surface area contributed by atoms with Gasteiger partial charge in [0.15, 0.2) is 0 Å². The van der Waals surface area contributed by atoms with Crippen LogP contribution in [0, 0.1) is 11.6 Å². The van der Waals surface area contributed by atoms with Gasteiger partial charge in [-0.05, 0) is 62.4 Å². The van der Waals surface area contributed by atoms with Gasteiger partial charge in [-0.1, -0.05) is 31.7 Å². The van der Waals surface area contributed by atoms with Crippen molar-refractivity contribution < 1.29 is 22.3 Å². The standard InChI is InChI=1S/C13H13F4NO.C10H13N.C2H5N/c1-4-9-10(14)5-8(6-11(9)15)7(2)19-13(18-3)12(16)17;1-3-8(2)9-5-4-6-10(11)7-9;1-3-2/h5-6,12H,2,4H2,1,3H3;3-7H,11H2,1-2H3;1H2,2H3/b;8-3+;. The number of nitrogens with two attached hydrogens (primary N) is 1. The summed E-state index contributed by atoms with van der Waals surface area (Å²) in [7, 11) is 2.76. The van der Waals surface area contributed by atoms with Crippen molar-refractivity contribution in [2.45, 2.75) is 33.6 Å². The summed E-state index contributed by atoms with van der Waals surface area (Å²) < 4.78 is 56.6. The Hall–Kier alpha value is -3.42. The van der Waals surface area contributed by atoms with Crippen LogP contribution in [-0.4, -0.2) is 33.1 Å². The topological polar surface area (TPSA) is 60.0 Å². The van der Waals surface area contributed by atoms with Gasteiger partial charge in [-0.15, -0.1) is 0 Å². The normalized spacial score (nSPS) is 11.1. The molecule has 2 N–H and O–H groups in total. The summed E-state index contributed by atoms with van der Waals surface area (Å²) in [6.07, 6.45) is -0.662. The van der Waals surface area contributed by atoms with Gasteiger partial charge < -0.3 is 15.5 Å². The van der Waals surface area contributed by atoms with Gasteiger partial charge in [0.05, 0.1) is 0 Å². The summed E-state index contributed by atoms with van der Waals surface area (Å²) in [5.74, 6) is -2.68.